The molecule has 0 bridgehead atoms. The minimum atomic E-state index is -3.78. The van der Waals surface area contributed by atoms with E-state index in [9.17, 15) is 22.0 Å². The Labute approximate surface area is 218 Å². The molecule has 2 heterocycles. The highest BCUT2D eigenvalue weighted by Crippen LogP contribution is 2.28. The second-order valence-electron chi connectivity index (χ2n) is 8.92. The normalized spacial score (nSPS) is 14.0. The molecule has 0 radical (unpaired) electrons. The summed E-state index contributed by atoms with van der Waals surface area (Å²) in [5.74, 6) is -2.28. The third-order valence-electron chi connectivity index (χ3n) is 6.44. The zero-order valence-electron chi connectivity index (χ0n) is 20.6. The first kappa shape index (κ1) is 26.0. The first-order chi connectivity index (χ1) is 18.3. The van der Waals surface area contributed by atoms with Gasteiger partial charge in [0, 0.05) is 51.0 Å². The Morgan fingerprint density at radius 2 is 1.84 bits per heavy atom. The fraction of sp³-hybridized carbons (Fsp3) is 0.259. The molecule has 0 spiro atoms. The van der Waals surface area contributed by atoms with Crippen LogP contribution in [0.1, 0.15) is 27.9 Å². The topological polar surface area (TPSA) is 93.0 Å². The maximum atomic E-state index is 14.2. The Hall–Kier alpha value is -3.67. The van der Waals surface area contributed by atoms with E-state index in [1.807, 2.05) is 24.3 Å². The molecule has 0 saturated carbocycles. The molecule has 1 aliphatic rings. The van der Waals surface area contributed by atoms with Gasteiger partial charge in [0.15, 0.2) is 11.4 Å². The Kier molecular flexibility index (Phi) is 7.24. The second kappa shape index (κ2) is 10.6. The largest absolute Gasteiger partial charge is 0.423 e. The van der Waals surface area contributed by atoms with Crippen LogP contribution in [0.5, 0.6) is 0 Å². The van der Waals surface area contributed by atoms with E-state index in [2.05, 4.69) is 4.98 Å². The standard InChI is InChI=1S/C27H25F2N3O5S/c1-36-14-4-12-32(27-30-25-23(29)15-21(28)16-24(25)37-27)26(33)19-7-9-22(10-8-19)38(34,35)31-13-11-18-5-2-3-6-20(18)17-31/h2-3,5-10,15-16H,4,11-14,17H2,1H3. The average Bonchev–Trinajstić information content (AvgIpc) is 3.34. The van der Waals surface area contributed by atoms with Gasteiger partial charge in [-0.2, -0.15) is 9.29 Å². The third-order valence-corrected chi connectivity index (χ3v) is 8.30. The number of oxazole rings is 1. The summed E-state index contributed by atoms with van der Waals surface area (Å²) in [6.07, 6.45) is 1.04. The Morgan fingerprint density at radius 3 is 2.58 bits per heavy atom. The minimum Gasteiger partial charge on any atom is -0.423 e. The number of carbonyl (C=O) groups is 1. The summed E-state index contributed by atoms with van der Waals surface area (Å²) in [5, 5.41) is 0. The fourth-order valence-electron chi connectivity index (χ4n) is 4.46. The molecule has 3 aromatic carbocycles. The highest BCUT2D eigenvalue weighted by atomic mass is 32.2. The molecule has 198 valence electrons. The van der Waals surface area contributed by atoms with Gasteiger partial charge in [0.2, 0.25) is 10.0 Å². The lowest BCUT2D eigenvalue weighted by Crippen LogP contribution is -2.36. The van der Waals surface area contributed by atoms with Gasteiger partial charge in [0.25, 0.3) is 5.91 Å². The Balaban J connectivity index is 1.40. The first-order valence-electron chi connectivity index (χ1n) is 12.0. The summed E-state index contributed by atoms with van der Waals surface area (Å²) in [5.41, 5.74) is 1.95. The van der Waals surface area contributed by atoms with Crippen LogP contribution in [0, 0.1) is 11.6 Å². The molecule has 4 aromatic rings. The van der Waals surface area contributed by atoms with Crippen LogP contribution in [0.4, 0.5) is 14.8 Å². The van der Waals surface area contributed by atoms with Gasteiger partial charge in [-0.05, 0) is 48.2 Å². The average molecular weight is 542 g/mol. The number of sulfonamides is 1. The van der Waals surface area contributed by atoms with Crippen LogP contribution in [0.2, 0.25) is 0 Å². The van der Waals surface area contributed by atoms with E-state index in [0.717, 1.165) is 17.2 Å². The van der Waals surface area contributed by atoms with Crippen LogP contribution in [0.3, 0.4) is 0 Å². The van der Waals surface area contributed by atoms with Gasteiger partial charge in [-0.25, -0.2) is 17.2 Å². The number of halogens is 2. The molecule has 0 aliphatic carbocycles. The van der Waals surface area contributed by atoms with Crippen LogP contribution >= 0.6 is 0 Å². The van der Waals surface area contributed by atoms with Crippen LogP contribution in [0.25, 0.3) is 11.1 Å². The number of carbonyl (C=O) groups excluding carboxylic acids is 1. The monoisotopic (exact) mass is 541 g/mol. The van der Waals surface area contributed by atoms with E-state index in [1.165, 1.54) is 40.6 Å². The molecule has 11 heteroatoms. The number of ether oxygens (including phenoxy) is 1. The van der Waals surface area contributed by atoms with Gasteiger partial charge in [0.1, 0.15) is 11.3 Å². The van der Waals surface area contributed by atoms with E-state index < -0.39 is 27.6 Å². The van der Waals surface area contributed by atoms with Crippen molar-refractivity contribution in [1.82, 2.24) is 9.29 Å². The number of benzene rings is 3. The molecule has 8 nitrogen and oxygen atoms in total. The van der Waals surface area contributed by atoms with Gasteiger partial charge in [-0.3, -0.25) is 9.69 Å². The second-order valence-corrected chi connectivity index (χ2v) is 10.9. The van der Waals surface area contributed by atoms with Crippen molar-refractivity contribution < 1.29 is 31.1 Å². The van der Waals surface area contributed by atoms with Crippen molar-refractivity contribution in [2.24, 2.45) is 0 Å². The van der Waals surface area contributed by atoms with E-state index in [4.69, 9.17) is 9.15 Å². The third kappa shape index (κ3) is 5.04. The van der Waals surface area contributed by atoms with Crippen molar-refractivity contribution in [2.45, 2.75) is 24.3 Å². The Morgan fingerprint density at radius 1 is 1.11 bits per heavy atom. The number of hydrogen-bond acceptors (Lipinski definition) is 6. The van der Waals surface area contributed by atoms with Crippen molar-refractivity contribution in [2.75, 3.05) is 31.7 Å². The highest BCUT2D eigenvalue weighted by molar-refractivity contribution is 7.89. The van der Waals surface area contributed by atoms with Crippen molar-refractivity contribution in [3.05, 3.63) is 89.0 Å². The van der Waals surface area contributed by atoms with Crippen LogP contribution in [-0.4, -0.2) is 50.4 Å². The fourth-order valence-corrected chi connectivity index (χ4v) is 5.88. The van der Waals surface area contributed by atoms with Crippen molar-refractivity contribution in [3.8, 4) is 0 Å². The number of aromatic nitrogens is 1. The van der Waals surface area contributed by atoms with E-state index in [-0.39, 0.29) is 40.7 Å². The molecule has 38 heavy (non-hydrogen) atoms. The first-order valence-corrected chi connectivity index (χ1v) is 13.5. The minimum absolute atomic E-state index is 0.0683. The predicted octanol–water partition coefficient (Wildman–Crippen LogP) is 4.54. The molecular formula is C27H25F2N3O5S. The van der Waals surface area contributed by atoms with Gasteiger partial charge >= 0.3 is 6.01 Å². The number of fused-ring (bicyclic) bond motifs is 2. The molecule has 0 unspecified atom stereocenters. The number of methoxy groups -OCH3 is 1. The number of rotatable bonds is 8. The molecule has 1 aromatic heterocycles. The lowest BCUT2D eigenvalue weighted by atomic mass is 10.0. The lowest BCUT2D eigenvalue weighted by molar-refractivity contribution is 0.0978. The molecule has 0 N–H and O–H groups in total. The van der Waals surface area contributed by atoms with E-state index in [1.54, 1.807) is 0 Å². The molecule has 0 fully saturated rings. The predicted molar refractivity (Wildman–Crippen MR) is 136 cm³/mol. The number of nitrogens with zero attached hydrogens (tertiary/aromatic N) is 3. The highest BCUT2D eigenvalue weighted by Gasteiger charge is 2.29. The number of amides is 1. The van der Waals surface area contributed by atoms with Gasteiger partial charge in [-0.15, -0.1) is 0 Å². The molecule has 1 amide bonds. The summed E-state index contributed by atoms with van der Waals surface area (Å²) in [6.45, 7) is 1.10. The lowest BCUT2D eigenvalue weighted by Gasteiger charge is -2.28. The van der Waals surface area contributed by atoms with Gasteiger partial charge < -0.3 is 9.15 Å². The summed E-state index contributed by atoms with van der Waals surface area (Å²) in [7, 11) is -2.26. The van der Waals surface area contributed by atoms with Crippen molar-refractivity contribution in [1.29, 1.82) is 0 Å². The summed E-state index contributed by atoms with van der Waals surface area (Å²) in [4.78, 5) is 18.8. The van der Waals surface area contributed by atoms with Crippen LogP contribution < -0.4 is 4.90 Å². The quantitative estimate of drug-likeness (QED) is 0.304. The van der Waals surface area contributed by atoms with E-state index in [0.29, 0.717) is 32.1 Å². The maximum absolute atomic E-state index is 14.2. The Bertz CT molecular complexity index is 1590. The summed E-state index contributed by atoms with van der Waals surface area (Å²) >= 11 is 0. The number of anilines is 1. The van der Waals surface area contributed by atoms with Crippen LogP contribution in [-0.2, 0) is 27.7 Å². The molecule has 1 aliphatic heterocycles. The molecule has 0 atom stereocenters. The smallest absolute Gasteiger partial charge is 0.305 e. The van der Waals surface area contributed by atoms with Crippen LogP contribution in [0.15, 0.2) is 70.0 Å². The number of hydrogen-bond donors (Lipinski definition) is 0. The maximum Gasteiger partial charge on any atom is 0.305 e. The van der Waals surface area contributed by atoms with Gasteiger partial charge in [-0.1, -0.05) is 24.3 Å². The zero-order chi connectivity index (χ0) is 26.9. The molecule has 5 rings (SSSR count). The summed E-state index contributed by atoms with van der Waals surface area (Å²) < 4.78 is 66.4. The zero-order valence-corrected chi connectivity index (χ0v) is 21.4. The molecule has 0 saturated heterocycles. The van der Waals surface area contributed by atoms with Crippen molar-refractivity contribution >= 4 is 33.0 Å². The SMILES string of the molecule is COCCCN(C(=O)c1ccc(S(=O)(=O)N2CCc3ccccc3C2)cc1)c1nc2c(F)cc(F)cc2o1. The van der Waals surface area contributed by atoms with Gasteiger partial charge in [0.05, 0.1) is 4.90 Å². The van der Waals surface area contributed by atoms with Crippen molar-refractivity contribution in [3.63, 3.8) is 0 Å². The van der Waals surface area contributed by atoms with E-state index >= 15 is 0 Å². The molecular weight excluding hydrogens is 516 g/mol. The summed E-state index contributed by atoms with van der Waals surface area (Å²) in [6, 6.07) is 14.8.